The van der Waals surface area contributed by atoms with E-state index < -0.39 is 0 Å². The molecular weight excluding hydrogens is 410 g/mol. The lowest BCUT2D eigenvalue weighted by atomic mass is 10.1. The highest BCUT2D eigenvalue weighted by atomic mass is 16.5. The van der Waals surface area contributed by atoms with Crippen LogP contribution in [0.2, 0.25) is 0 Å². The van der Waals surface area contributed by atoms with Gasteiger partial charge < -0.3 is 24.3 Å². The van der Waals surface area contributed by atoms with Crippen molar-refractivity contribution >= 4 is 11.7 Å². The molecule has 1 unspecified atom stereocenters. The molecule has 1 atom stereocenters. The van der Waals surface area contributed by atoms with Crippen molar-refractivity contribution in [3.05, 3.63) is 47.5 Å². The highest BCUT2D eigenvalue weighted by Crippen LogP contribution is 2.31. The van der Waals surface area contributed by atoms with E-state index in [-0.39, 0.29) is 23.8 Å². The van der Waals surface area contributed by atoms with Crippen LogP contribution in [0.5, 0.6) is 23.0 Å². The van der Waals surface area contributed by atoms with Crippen molar-refractivity contribution in [2.45, 2.75) is 52.7 Å². The second-order valence-electron chi connectivity index (χ2n) is 7.74. The molecule has 7 nitrogen and oxygen atoms in total. The summed E-state index contributed by atoms with van der Waals surface area (Å²) in [6.45, 7) is 7.69. The van der Waals surface area contributed by atoms with Crippen molar-refractivity contribution in [2.24, 2.45) is 0 Å². The van der Waals surface area contributed by atoms with Crippen LogP contribution < -0.4 is 24.3 Å². The second kappa shape index (κ2) is 12.0. The highest BCUT2D eigenvalue weighted by molar-refractivity contribution is 5.94. The summed E-state index contributed by atoms with van der Waals surface area (Å²) in [6.07, 6.45) is 0.908. The van der Waals surface area contributed by atoms with E-state index in [9.17, 15) is 9.59 Å². The van der Waals surface area contributed by atoms with Gasteiger partial charge in [-0.15, -0.1) is 0 Å². The molecule has 2 rings (SSSR count). The third kappa shape index (κ3) is 7.18. The molecule has 0 aliphatic carbocycles. The quantitative estimate of drug-likeness (QED) is 0.377. The van der Waals surface area contributed by atoms with Gasteiger partial charge in [-0.05, 0) is 70.0 Å². The number of hydrogen-bond acceptors (Lipinski definition) is 6. The average Bonchev–Trinajstić information content (AvgIpc) is 2.76. The first kappa shape index (κ1) is 25.0. The molecular formula is C25H33NO6. The Labute approximate surface area is 190 Å². The minimum absolute atomic E-state index is 0.0413. The summed E-state index contributed by atoms with van der Waals surface area (Å²) in [5.74, 6) is 2.24. The molecule has 0 radical (unpaired) electrons. The highest BCUT2D eigenvalue weighted by Gasteiger charge is 2.14. The maximum absolute atomic E-state index is 12.4. The normalized spacial score (nSPS) is 11.6. The number of carbonyl (C=O) groups is 2. The summed E-state index contributed by atoms with van der Waals surface area (Å²) < 4.78 is 22.2. The van der Waals surface area contributed by atoms with E-state index in [0.29, 0.717) is 48.0 Å². The molecule has 0 aliphatic rings. The van der Waals surface area contributed by atoms with Gasteiger partial charge in [-0.3, -0.25) is 9.59 Å². The van der Waals surface area contributed by atoms with Crippen molar-refractivity contribution in [1.29, 1.82) is 0 Å². The van der Waals surface area contributed by atoms with Gasteiger partial charge in [-0.2, -0.15) is 0 Å². The Morgan fingerprint density at radius 1 is 0.906 bits per heavy atom. The summed E-state index contributed by atoms with van der Waals surface area (Å²) in [5, 5.41) is 3.00. The molecule has 174 valence electrons. The fourth-order valence-electron chi connectivity index (χ4n) is 3.12. The zero-order chi connectivity index (χ0) is 23.7. The Morgan fingerprint density at radius 3 is 2.19 bits per heavy atom. The van der Waals surface area contributed by atoms with E-state index >= 15 is 0 Å². The van der Waals surface area contributed by atoms with Gasteiger partial charge in [0.2, 0.25) is 5.91 Å². The molecule has 0 bridgehead atoms. The molecule has 0 fully saturated rings. The molecule has 32 heavy (non-hydrogen) atoms. The zero-order valence-corrected chi connectivity index (χ0v) is 19.7. The van der Waals surface area contributed by atoms with Gasteiger partial charge in [-0.25, -0.2) is 0 Å². The number of benzene rings is 2. The van der Waals surface area contributed by atoms with Crippen LogP contribution in [-0.2, 0) is 4.79 Å². The maximum Gasteiger partial charge on any atom is 0.220 e. The lowest BCUT2D eigenvalue weighted by Gasteiger charge is -2.18. The maximum atomic E-state index is 12.4. The number of carbonyl (C=O) groups excluding carboxylic acids is 2. The Balaban J connectivity index is 1.85. The van der Waals surface area contributed by atoms with E-state index in [4.69, 9.17) is 18.9 Å². The third-order valence-corrected chi connectivity index (χ3v) is 4.80. The Kier molecular flexibility index (Phi) is 9.38. The summed E-state index contributed by atoms with van der Waals surface area (Å²) in [5.41, 5.74) is 1.49. The summed E-state index contributed by atoms with van der Waals surface area (Å²) in [6, 6.07) is 10.5. The standard InChI is InChI=1S/C25H33NO6/c1-16(2)32-22-12-9-19(14-24(22)30-6)17(3)26-25(28)8-7-13-31-21-11-10-20(18(4)27)15-23(21)29-5/h9-12,14-17H,7-8,13H2,1-6H3,(H,26,28). The first-order chi connectivity index (χ1) is 15.2. The van der Waals surface area contributed by atoms with Crippen molar-refractivity contribution in [1.82, 2.24) is 5.32 Å². The smallest absolute Gasteiger partial charge is 0.220 e. The molecule has 7 heteroatoms. The van der Waals surface area contributed by atoms with Gasteiger partial charge in [-0.1, -0.05) is 6.07 Å². The largest absolute Gasteiger partial charge is 0.493 e. The number of ether oxygens (including phenoxy) is 4. The molecule has 0 spiro atoms. The Morgan fingerprint density at radius 2 is 1.56 bits per heavy atom. The lowest BCUT2D eigenvalue weighted by Crippen LogP contribution is -2.26. The van der Waals surface area contributed by atoms with Crippen LogP contribution in [0.3, 0.4) is 0 Å². The lowest BCUT2D eigenvalue weighted by molar-refractivity contribution is -0.121. The van der Waals surface area contributed by atoms with Crippen LogP contribution in [0.1, 0.15) is 62.5 Å². The summed E-state index contributed by atoms with van der Waals surface area (Å²) in [4.78, 5) is 23.9. The number of Topliss-reactive ketones (excluding diaryl/α,β-unsaturated/α-hetero) is 1. The van der Waals surface area contributed by atoms with E-state index in [1.807, 2.05) is 39.0 Å². The fraction of sp³-hybridized carbons (Fsp3) is 0.440. The molecule has 0 aliphatic heterocycles. The minimum Gasteiger partial charge on any atom is -0.493 e. The molecule has 0 saturated carbocycles. The Hall–Kier alpha value is -3.22. The summed E-state index contributed by atoms with van der Waals surface area (Å²) >= 11 is 0. The zero-order valence-electron chi connectivity index (χ0n) is 19.7. The van der Waals surface area contributed by atoms with Crippen LogP contribution >= 0.6 is 0 Å². The molecule has 1 amide bonds. The van der Waals surface area contributed by atoms with Crippen LogP contribution in [0.25, 0.3) is 0 Å². The molecule has 0 aromatic heterocycles. The number of methoxy groups -OCH3 is 2. The van der Waals surface area contributed by atoms with E-state index in [1.165, 1.54) is 14.0 Å². The predicted molar refractivity (Wildman–Crippen MR) is 123 cm³/mol. The molecule has 2 aromatic rings. The first-order valence-corrected chi connectivity index (χ1v) is 10.7. The van der Waals surface area contributed by atoms with Crippen LogP contribution in [0, 0.1) is 0 Å². The average molecular weight is 444 g/mol. The van der Waals surface area contributed by atoms with Gasteiger partial charge in [0.1, 0.15) is 0 Å². The molecule has 0 saturated heterocycles. The van der Waals surface area contributed by atoms with Crippen molar-refractivity contribution < 1.29 is 28.5 Å². The number of ketones is 1. The Bertz CT molecular complexity index is 925. The topological polar surface area (TPSA) is 83.1 Å². The number of rotatable bonds is 12. The third-order valence-electron chi connectivity index (χ3n) is 4.80. The van der Waals surface area contributed by atoms with E-state index in [0.717, 1.165) is 5.56 Å². The monoisotopic (exact) mass is 443 g/mol. The fourth-order valence-corrected chi connectivity index (χ4v) is 3.12. The van der Waals surface area contributed by atoms with Crippen molar-refractivity contribution in [2.75, 3.05) is 20.8 Å². The van der Waals surface area contributed by atoms with Crippen molar-refractivity contribution in [3.8, 4) is 23.0 Å². The van der Waals surface area contributed by atoms with E-state index in [2.05, 4.69) is 5.32 Å². The molecule has 1 N–H and O–H groups in total. The minimum atomic E-state index is -0.176. The van der Waals surface area contributed by atoms with Crippen molar-refractivity contribution in [3.63, 3.8) is 0 Å². The van der Waals surface area contributed by atoms with Gasteiger partial charge in [0.15, 0.2) is 28.8 Å². The molecule has 2 aromatic carbocycles. The van der Waals surface area contributed by atoms with Gasteiger partial charge in [0, 0.05) is 12.0 Å². The van der Waals surface area contributed by atoms with Gasteiger partial charge in [0.05, 0.1) is 33.0 Å². The summed E-state index contributed by atoms with van der Waals surface area (Å²) in [7, 11) is 3.12. The van der Waals surface area contributed by atoms with Gasteiger partial charge >= 0.3 is 0 Å². The van der Waals surface area contributed by atoms with Gasteiger partial charge in [0.25, 0.3) is 0 Å². The predicted octanol–water partition coefficient (Wildman–Crippen LogP) is 4.73. The van der Waals surface area contributed by atoms with Crippen LogP contribution in [-0.4, -0.2) is 38.6 Å². The number of nitrogens with one attached hydrogen (secondary N) is 1. The number of hydrogen-bond donors (Lipinski definition) is 1. The number of amides is 1. The second-order valence-corrected chi connectivity index (χ2v) is 7.74. The van der Waals surface area contributed by atoms with E-state index in [1.54, 1.807) is 25.3 Å². The first-order valence-electron chi connectivity index (χ1n) is 10.7. The van der Waals surface area contributed by atoms with Crippen LogP contribution in [0.15, 0.2) is 36.4 Å². The van der Waals surface area contributed by atoms with Crippen LogP contribution in [0.4, 0.5) is 0 Å². The molecule has 0 heterocycles. The SMILES string of the molecule is COc1cc(C(C)=O)ccc1OCCCC(=O)NC(C)c1ccc(OC(C)C)c(OC)c1.